The number of carbonyl (C=O) groups is 1. The molecule has 1 aliphatic heterocycles. The van der Waals surface area contributed by atoms with Crippen LogP contribution in [0.15, 0.2) is 35.2 Å². The third-order valence-electron chi connectivity index (χ3n) is 4.18. The van der Waals surface area contributed by atoms with Gasteiger partial charge in [0.1, 0.15) is 17.3 Å². The largest absolute Gasteiger partial charge is 0.495 e. The predicted octanol–water partition coefficient (Wildman–Crippen LogP) is 2.73. The van der Waals surface area contributed by atoms with Gasteiger partial charge in [-0.25, -0.2) is 13.2 Å². The molecule has 0 aromatic heterocycles. The summed E-state index contributed by atoms with van der Waals surface area (Å²) in [7, 11) is -0.0811. The molecular formula is C18H18ClNO7S. The molecular weight excluding hydrogens is 410 g/mol. The van der Waals surface area contributed by atoms with E-state index in [0.29, 0.717) is 0 Å². The highest BCUT2D eigenvalue weighted by molar-refractivity contribution is 7.93. The van der Waals surface area contributed by atoms with Gasteiger partial charge in [-0.3, -0.25) is 4.31 Å². The molecule has 10 heteroatoms. The van der Waals surface area contributed by atoms with Gasteiger partial charge in [0.2, 0.25) is 0 Å². The molecule has 0 N–H and O–H groups in total. The lowest BCUT2D eigenvalue weighted by molar-refractivity contribution is 0.0600. The molecule has 2 aromatic rings. The molecule has 1 aliphatic rings. The number of hydrogen-bond acceptors (Lipinski definition) is 7. The van der Waals surface area contributed by atoms with E-state index in [1.165, 1.54) is 51.7 Å². The van der Waals surface area contributed by atoms with Crippen LogP contribution < -0.4 is 18.5 Å². The smallest absolute Gasteiger partial charge is 0.338 e. The maximum Gasteiger partial charge on any atom is 0.338 e. The SMILES string of the molecule is COC(=O)c1cc(OC)c2c(c1)N(S(=O)(=O)c1cc(Cl)ccc1OC)CCO2. The van der Waals surface area contributed by atoms with Gasteiger partial charge in [-0.05, 0) is 30.3 Å². The Labute approximate surface area is 167 Å². The molecule has 1 heterocycles. The quantitative estimate of drug-likeness (QED) is 0.677. The van der Waals surface area contributed by atoms with Crippen molar-refractivity contribution in [3.63, 3.8) is 0 Å². The topological polar surface area (TPSA) is 91.4 Å². The molecule has 0 saturated carbocycles. The van der Waals surface area contributed by atoms with Crippen molar-refractivity contribution >= 4 is 33.3 Å². The number of ether oxygens (including phenoxy) is 4. The number of hydrogen-bond donors (Lipinski definition) is 0. The fourth-order valence-electron chi connectivity index (χ4n) is 2.88. The molecule has 0 bridgehead atoms. The summed E-state index contributed by atoms with van der Waals surface area (Å²) in [5.41, 5.74) is 0.287. The van der Waals surface area contributed by atoms with E-state index >= 15 is 0 Å². The van der Waals surface area contributed by atoms with E-state index in [2.05, 4.69) is 0 Å². The standard InChI is InChI=1S/C18H18ClNO7S/c1-24-14-5-4-12(19)10-16(14)28(22,23)20-6-7-27-17-13(20)8-11(18(21)26-3)9-15(17)25-2/h4-5,8-10H,6-7H2,1-3H3. The molecule has 0 atom stereocenters. The molecule has 28 heavy (non-hydrogen) atoms. The van der Waals surface area contributed by atoms with Crippen molar-refractivity contribution in [1.82, 2.24) is 0 Å². The van der Waals surface area contributed by atoms with Gasteiger partial charge in [0, 0.05) is 5.02 Å². The highest BCUT2D eigenvalue weighted by Crippen LogP contribution is 2.44. The summed E-state index contributed by atoms with van der Waals surface area (Å²) in [6, 6.07) is 7.14. The number of rotatable bonds is 5. The van der Waals surface area contributed by atoms with Gasteiger partial charge < -0.3 is 18.9 Å². The van der Waals surface area contributed by atoms with Crippen molar-refractivity contribution in [3.8, 4) is 17.2 Å². The predicted molar refractivity (Wildman–Crippen MR) is 102 cm³/mol. The second kappa shape index (κ2) is 7.76. The van der Waals surface area contributed by atoms with E-state index in [0.717, 1.165) is 4.31 Å². The van der Waals surface area contributed by atoms with Gasteiger partial charge in [-0.2, -0.15) is 0 Å². The number of fused-ring (bicyclic) bond motifs is 1. The summed E-state index contributed by atoms with van der Waals surface area (Å²) in [5.74, 6) is -0.0558. The van der Waals surface area contributed by atoms with E-state index < -0.39 is 16.0 Å². The van der Waals surface area contributed by atoms with Crippen LogP contribution in [0.2, 0.25) is 5.02 Å². The van der Waals surface area contributed by atoms with Crippen molar-refractivity contribution in [2.75, 3.05) is 38.8 Å². The Morgan fingerprint density at radius 1 is 1.11 bits per heavy atom. The number of methoxy groups -OCH3 is 3. The average molecular weight is 428 g/mol. The molecule has 150 valence electrons. The fraction of sp³-hybridized carbons (Fsp3) is 0.278. The van der Waals surface area contributed by atoms with Crippen LogP contribution in [0.5, 0.6) is 17.2 Å². The molecule has 0 aliphatic carbocycles. The Kier molecular flexibility index (Phi) is 5.57. The highest BCUT2D eigenvalue weighted by atomic mass is 35.5. The molecule has 3 rings (SSSR count). The number of esters is 1. The highest BCUT2D eigenvalue weighted by Gasteiger charge is 2.35. The lowest BCUT2D eigenvalue weighted by Crippen LogP contribution is -2.38. The summed E-state index contributed by atoms with van der Waals surface area (Å²) >= 11 is 6.01. The van der Waals surface area contributed by atoms with Gasteiger partial charge in [0.25, 0.3) is 10.0 Å². The summed E-state index contributed by atoms with van der Waals surface area (Å²) < 4.78 is 48.8. The van der Waals surface area contributed by atoms with E-state index in [-0.39, 0.29) is 51.6 Å². The molecule has 0 amide bonds. The molecule has 0 saturated heterocycles. The number of carbonyl (C=O) groups excluding carboxylic acids is 1. The van der Waals surface area contributed by atoms with E-state index in [9.17, 15) is 13.2 Å². The Balaban J connectivity index is 2.21. The Morgan fingerprint density at radius 3 is 2.46 bits per heavy atom. The maximum atomic E-state index is 13.4. The minimum absolute atomic E-state index is 0.0266. The lowest BCUT2D eigenvalue weighted by Gasteiger charge is -2.32. The zero-order valence-corrected chi connectivity index (χ0v) is 17.0. The van der Waals surface area contributed by atoms with Crippen molar-refractivity contribution < 1.29 is 32.2 Å². The normalized spacial score (nSPS) is 13.4. The molecule has 2 aromatic carbocycles. The number of nitrogens with zero attached hydrogens (tertiary/aromatic N) is 1. The van der Waals surface area contributed by atoms with Crippen LogP contribution in [-0.2, 0) is 14.8 Å². The van der Waals surface area contributed by atoms with Crippen LogP contribution in [0.4, 0.5) is 5.69 Å². The van der Waals surface area contributed by atoms with Crippen LogP contribution in [0.3, 0.4) is 0 Å². The molecule has 0 radical (unpaired) electrons. The van der Waals surface area contributed by atoms with Gasteiger partial charge in [-0.15, -0.1) is 0 Å². The number of halogens is 1. The first-order valence-corrected chi connectivity index (χ1v) is 9.94. The first kappa shape index (κ1) is 20.1. The number of sulfonamides is 1. The van der Waals surface area contributed by atoms with Gasteiger partial charge in [0.15, 0.2) is 11.5 Å². The summed E-state index contributed by atoms with van der Waals surface area (Å²) in [6.07, 6.45) is 0. The molecule has 8 nitrogen and oxygen atoms in total. The summed E-state index contributed by atoms with van der Waals surface area (Å²) in [6.45, 7) is 0.127. The van der Waals surface area contributed by atoms with Crippen LogP contribution in [0.25, 0.3) is 0 Å². The van der Waals surface area contributed by atoms with Crippen molar-refractivity contribution in [3.05, 3.63) is 40.9 Å². The van der Waals surface area contributed by atoms with E-state index in [1.54, 1.807) is 0 Å². The third kappa shape index (κ3) is 3.43. The van der Waals surface area contributed by atoms with Crippen LogP contribution >= 0.6 is 11.6 Å². The van der Waals surface area contributed by atoms with E-state index in [4.69, 9.17) is 30.5 Å². The van der Waals surface area contributed by atoms with Gasteiger partial charge >= 0.3 is 5.97 Å². The lowest BCUT2D eigenvalue weighted by atomic mass is 10.1. The Bertz CT molecular complexity index is 1020. The molecule has 0 spiro atoms. The fourth-order valence-corrected chi connectivity index (χ4v) is 4.74. The Hall–Kier alpha value is -2.65. The zero-order chi connectivity index (χ0) is 20.5. The van der Waals surface area contributed by atoms with Crippen molar-refractivity contribution in [1.29, 1.82) is 0 Å². The van der Waals surface area contributed by atoms with Crippen LogP contribution in [-0.4, -0.2) is 48.9 Å². The third-order valence-corrected chi connectivity index (χ3v) is 6.25. The summed E-state index contributed by atoms with van der Waals surface area (Å²) in [4.78, 5) is 11.9. The molecule has 0 unspecified atom stereocenters. The number of benzene rings is 2. The van der Waals surface area contributed by atoms with Gasteiger partial charge in [0.05, 0.1) is 39.1 Å². The van der Waals surface area contributed by atoms with Crippen molar-refractivity contribution in [2.24, 2.45) is 0 Å². The minimum atomic E-state index is -4.08. The number of anilines is 1. The maximum absolute atomic E-state index is 13.4. The van der Waals surface area contributed by atoms with Crippen LogP contribution in [0.1, 0.15) is 10.4 Å². The first-order valence-electron chi connectivity index (χ1n) is 8.13. The average Bonchev–Trinajstić information content (AvgIpc) is 2.71. The minimum Gasteiger partial charge on any atom is -0.495 e. The second-order valence-corrected chi connectivity index (χ2v) is 8.01. The zero-order valence-electron chi connectivity index (χ0n) is 15.4. The molecule has 0 fully saturated rings. The van der Waals surface area contributed by atoms with Gasteiger partial charge in [-0.1, -0.05) is 11.6 Å². The first-order chi connectivity index (χ1) is 13.3. The summed E-state index contributed by atoms with van der Waals surface area (Å²) in [5, 5.41) is 0.244. The van der Waals surface area contributed by atoms with Crippen LogP contribution in [0, 0.1) is 0 Å². The van der Waals surface area contributed by atoms with E-state index in [1.807, 2.05) is 0 Å². The monoisotopic (exact) mass is 427 g/mol. The Morgan fingerprint density at radius 2 is 1.82 bits per heavy atom. The van der Waals surface area contributed by atoms with Crippen molar-refractivity contribution in [2.45, 2.75) is 4.90 Å². The second-order valence-electron chi connectivity index (χ2n) is 5.74.